The Morgan fingerprint density at radius 1 is 1.28 bits per heavy atom. The second-order valence-corrected chi connectivity index (χ2v) is 5.11. The van der Waals surface area contributed by atoms with Crippen LogP contribution in [0.4, 0.5) is 13.2 Å². The number of halogens is 3. The van der Waals surface area contributed by atoms with Gasteiger partial charge in [-0.25, -0.2) is 4.79 Å². The lowest BCUT2D eigenvalue weighted by molar-refractivity contribution is -0.206. The highest BCUT2D eigenvalue weighted by atomic mass is 19.4. The van der Waals surface area contributed by atoms with Crippen molar-refractivity contribution in [2.45, 2.75) is 25.2 Å². The first-order chi connectivity index (χ1) is 11.8. The summed E-state index contributed by atoms with van der Waals surface area (Å²) in [5.41, 5.74) is 0.510. The summed E-state index contributed by atoms with van der Waals surface area (Å²) in [5.74, 6) is -0.187. The largest absolute Gasteiger partial charge is 0.493 e. The van der Waals surface area contributed by atoms with E-state index in [0.29, 0.717) is 17.9 Å². The van der Waals surface area contributed by atoms with Crippen molar-refractivity contribution in [3.05, 3.63) is 34.8 Å². The van der Waals surface area contributed by atoms with E-state index in [1.54, 1.807) is 12.1 Å². The average Bonchev–Trinajstić information content (AvgIpc) is 2.93. The first-order valence-corrected chi connectivity index (χ1v) is 7.36. The molecule has 0 bridgehead atoms. The SMILES string of the molecule is COCCn1nc(-c2ccc(OCC[C@@H](O)C(F)(F)F)cc2)oc1=O. The molecule has 1 aromatic carbocycles. The summed E-state index contributed by atoms with van der Waals surface area (Å²) in [4.78, 5) is 11.6. The fraction of sp³-hybridized carbons (Fsp3) is 0.467. The minimum absolute atomic E-state index is 0.111. The molecule has 0 spiro atoms. The molecule has 0 saturated carbocycles. The van der Waals surface area contributed by atoms with Crippen molar-refractivity contribution in [1.29, 1.82) is 0 Å². The van der Waals surface area contributed by atoms with Crippen LogP contribution in [0.2, 0.25) is 0 Å². The summed E-state index contributed by atoms with van der Waals surface area (Å²) in [7, 11) is 1.50. The van der Waals surface area contributed by atoms with Crippen LogP contribution >= 0.6 is 0 Å². The monoisotopic (exact) mass is 362 g/mol. The number of hydrogen-bond acceptors (Lipinski definition) is 6. The van der Waals surface area contributed by atoms with Crippen molar-refractivity contribution in [3.8, 4) is 17.2 Å². The molecule has 7 nitrogen and oxygen atoms in total. The first kappa shape index (κ1) is 19.0. The van der Waals surface area contributed by atoms with E-state index < -0.39 is 24.5 Å². The van der Waals surface area contributed by atoms with E-state index in [9.17, 15) is 18.0 Å². The van der Waals surface area contributed by atoms with Crippen LogP contribution in [0.1, 0.15) is 6.42 Å². The van der Waals surface area contributed by atoms with Gasteiger partial charge in [0.15, 0.2) is 6.10 Å². The predicted molar refractivity (Wildman–Crippen MR) is 80.2 cm³/mol. The predicted octanol–water partition coefficient (Wildman–Crippen LogP) is 1.84. The molecule has 1 atom stereocenters. The fourth-order valence-corrected chi connectivity index (χ4v) is 1.89. The van der Waals surface area contributed by atoms with Gasteiger partial charge in [0, 0.05) is 19.1 Å². The van der Waals surface area contributed by atoms with Gasteiger partial charge in [0.1, 0.15) is 5.75 Å². The Bertz CT molecular complexity index is 724. The van der Waals surface area contributed by atoms with Crippen molar-refractivity contribution in [2.24, 2.45) is 0 Å². The van der Waals surface area contributed by atoms with Crippen LogP contribution in [0.5, 0.6) is 5.75 Å². The molecule has 1 heterocycles. The maximum Gasteiger partial charge on any atom is 0.437 e. The van der Waals surface area contributed by atoms with Gasteiger partial charge in [-0.15, -0.1) is 5.10 Å². The maximum absolute atomic E-state index is 12.2. The number of ether oxygens (including phenoxy) is 2. The van der Waals surface area contributed by atoms with Gasteiger partial charge >= 0.3 is 11.9 Å². The second kappa shape index (κ2) is 8.17. The number of aliphatic hydroxyl groups excluding tert-OH is 1. The molecule has 0 amide bonds. The van der Waals surface area contributed by atoms with E-state index in [0.717, 1.165) is 4.68 Å². The third-order valence-corrected chi connectivity index (χ3v) is 3.25. The van der Waals surface area contributed by atoms with Crippen molar-refractivity contribution < 1.29 is 32.2 Å². The number of rotatable bonds is 8. The minimum atomic E-state index is -4.66. The molecule has 1 N–H and O–H groups in total. The minimum Gasteiger partial charge on any atom is -0.493 e. The number of methoxy groups -OCH3 is 1. The lowest BCUT2D eigenvalue weighted by Gasteiger charge is -2.14. The Balaban J connectivity index is 1.95. The van der Waals surface area contributed by atoms with Crippen molar-refractivity contribution in [2.75, 3.05) is 20.3 Å². The van der Waals surface area contributed by atoms with Gasteiger partial charge in [-0.3, -0.25) is 0 Å². The second-order valence-electron chi connectivity index (χ2n) is 5.11. The van der Waals surface area contributed by atoms with E-state index in [1.165, 1.54) is 19.2 Å². The molecule has 2 aromatic rings. The Morgan fingerprint density at radius 3 is 2.56 bits per heavy atom. The van der Waals surface area contributed by atoms with Crippen LogP contribution in [0.15, 0.2) is 33.5 Å². The van der Waals surface area contributed by atoms with Crippen molar-refractivity contribution >= 4 is 0 Å². The van der Waals surface area contributed by atoms with Gasteiger partial charge in [0.25, 0.3) is 0 Å². The van der Waals surface area contributed by atoms with Gasteiger partial charge in [-0.1, -0.05) is 0 Å². The third-order valence-electron chi connectivity index (χ3n) is 3.25. The van der Waals surface area contributed by atoms with Crippen LogP contribution in [-0.2, 0) is 11.3 Å². The molecule has 1 aromatic heterocycles. The molecule has 0 aliphatic carbocycles. The molecule has 25 heavy (non-hydrogen) atoms. The molecule has 0 aliphatic heterocycles. The Labute approximate surface area is 140 Å². The molecule has 0 fully saturated rings. The van der Waals surface area contributed by atoms with Crippen LogP contribution in [0.25, 0.3) is 11.5 Å². The topological polar surface area (TPSA) is 86.7 Å². The van der Waals surface area contributed by atoms with E-state index >= 15 is 0 Å². The van der Waals surface area contributed by atoms with Gasteiger partial charge in [-0.2, -0.15) is 17.9 Å². The number of aromatic nitrogens is 2. The maximum atomic E-state index is 12.2. The zero-order valence-corrected chi connectivity index (χ0v) is 13.3. The molecule has 10 heteroatoms. The van der Waals surface area contributed by atoms with Gasteiger partial charge in [-0.05, 0) is 24.3 Å². The summed E-state index contributed by atoms with van der Waals surface area (Å²) in [6, 6.07) is 6.12. The Morgan fingerprint density at radius 2 is 1.96 bits per heavy atom. The smallest absolute Gasteiger partial charge is 0.437 e. The standard InChI is InChI=1S/C15H17F3N2O5/c1-23-9-7-20-14(22)25-13(19-20)10-2-4-11(5-3-10)24-8-6-12(21)15(16,17)18/h2-5,12,21H,6-9H2,1H3/t12-/m1/s1. The zero-order valence-electron chi connectivity index (χ0n) is 13.3. The number of hydrogen-bond donors (Lipinski definition) is 1. The van der Waals surface area contributed by atoms with Crippen molar-refractivity contribution in [1.82, 2.24) is 9.78 Å². The average molecular weight is 362 g/mol. The summed E-state index contributed by atoms with van der Waals surface area (Å²) < 4.78 is 52.7. The van der Waals surface area contributed by atoms with Gasteiger partial charge < -0.3 is 19.0 Å². The molecular formula is C15H17F3N2O5. The quantitative estimate of drug-likeness (QED) is 0.771. The first-order valence-electron chi connectivity index (χ1n) is 7.36. The molecule has 138 valence electrons. The van der Waals surface area contributed by atoms with E-state index in [1.807, 2.05) is 0 Å². The number of aliphatic hydroxyl groups is 1. The Kier molecular flexibility index (Phi) is 6.21. The molecule has 0 radical (unpaired) electrons. The molecular weight excluding hydrogens is 345 g/mol. The number of benzene rings is 1. The lowest BCUT2D eigenvalue weighted by Crippen LogP contribution is -2.30. The highest BCUT2D eigenvalue weighted by molar-refractivity contribution is 5.53. The van der Waals surface area contributed by atoms with Crippen LogP contribution in [-0.4, -0.2) is 47.5 Å². The molecule has 2 rings (SSSR count). The highest BCUT2D eigenvalue weighted by Crippen LogP contribution is 2.23. The van der Waals surface area contributed by atoms with Crippen molar-refractivity contribution in [3.63, 3.8) is 0 Å². The molecule has 0 saturated heterocycles. The number of alkyl halides is 3. The van der Waals surface area contributed by atoms with E-state index in [2.05, 4.69) is 5.10 Å². The molecule has 0 unspecified atom stereocenters. The summed E-state index contributed by atoms with van der Waals surface area (Å²) in [5, 5.41) is 12.9. The van der Waals surface area contributed by atoms with Crippen LogP contribution in [0, 0.1) is 0 Å². The van der Waals surface area contributed by atoms with Crippen LogP contribution in [0.3, 0.4) is 0 Å². The van der Waals surface area contributed by atoms with E-state index in [4.69, 9.17) is 19.0 Å². The zero-order chi connectivity index (χ0) is 18.4. The fourth-order valence-electron chi connectivity index (χ4n) is 1.89. The normalized spacial score (nSPS) is 13.0. The van der Waals surface area contributed by atoms with Gasteiger partial charge in [0.05, 0.1) is 19.8 Å². The van der Waals surface area contributed by atoms with E-state index in [-0.39, 0.29) is 19.0 Å². The number of nitrogens with zero attached hydrogens (tertiary/aromatic N) is 2. The van der Waals surface area contributed by atoms with Gasteiger partial charge in [0.2, 0.25) is 5.89 Å². The summed E-state index contributed by atoms with van der Waals surface area (Å²) in [6.45, 7) is 0.269. The highest BCUT2D eigenvalue weighted by Gasteiger charge is 2.37. The summed E-state index contributed by atoms with van der Waals surface area (Å²) in [6.07, 6.45) is -7.65. The third kappa shape index (κ3) is 5.33. The summed E-state index contributed by atoms with van der Waals surface area (Å²) >= 11 is 0. The van der Waals surface area contributed by atoms with Crippen LogP contribution < -0.4 is 10.5 Å². The lowest BCUT2D eigenvalue weighted by atomic mass is 10.2. The Hall–Kier alpha value is -2.33. The molecule has 0 aliphatic rings.